The van der Waals surface area contributed by atoms with Crippen molar-refractivity contribution in [1.29, 1.82) is 0 Å². The van der Waals surface area contributed by atoms with Crippen LogP contribution in [0.1, 0.15) is 66.1 Å². The molecule has 2 aliphatic rings. The average Bonchev–Trinajstić information content (AvgIpc) is 3.42. The fourth-order valence-corrected chi connectivity index (χ4v) is 5.02. The summed E-state index contributed by atoms with van der Waals surface area (Å²) < 4.78 is 2.43. The van der Waals surface area contributed by atoms with Gasteiger partial charge in [0.25, 0.3) is 11.8 Å². The number of rotatable bonds is 6. The van der Waals surface area contributed by atoms with Crippen LogP contribution in [0.5, 0.6) is 0 Å². The van der Waals surface area contributed by atoms with E-state index in [1.54, 1.807) is 11.8 Å². The zero-order chi connectivity index (χ0) is 22.9. The van der Waals surface area contributed by atoms with E-state index in [2.05, 4.69) is 31.7 Å². The van der Waals surface area contributed by atoms with Crippen molar-refractivity contribution in [3.8, 4) is 0 Å². The first-order chi connectivity index (χ1) is 15.3. The monoisotopic (exact) mass is 501 g/mol. The predicted octanol–water partition coefficient (Wildman–Crippen LogP) is 2.87. The van der Waals surface area contributed by atoms with Crippen molar-refractivity contribution in [2.24, 2.45) is 0 Å². The molecular weight excluding hydrogens is 474 g/mol. The molecule has 0 spiro atoms. The van der Waals surface area contributed by atoms with Crippen LogP contribution in [0.3, 0.4) is 0 Å². The summed E-state index contributed by atoms with van der Waals surface area (Å²) in [6.45, 7) is 4.58. The van der Waals surface area contributed by atoms with Crippen molar-refractivity contribution in [3.05, 3.63) is 51.8 Å². The summed E-state index contributed by atoms with van der Waals surface area (Å²) in [7, 11) is 0. The third kappa shape index (κ3) is 4.30. The molecule has 0 unspecified atom stereocenters. The molecule has 0 bridgehead atoms. The molecule has 9 heteroatoms. The highest BCUT2D eigenvalue weighted by Gasteiger charge is 2.48. The number of benzene rings is 1. The van der Waals surface area contributed by atoms with Crippen LogP contribution < -0.4 is 10.6 Å². The first-order valence-corrected chi connectivity index (χ1v) is 11.8. The van der Waals surface area contributed by atoms with Crippen molar-refractivity contribution < 1.29 is 14.4 Å². The van der Waals surface area contributed by atoms with Crippen LogP contribution >= 0.6 is 15.9 Å². The predicted molar refractivity (Wildman–Crippen MR) is 123 cm³/mol. The summed E-state index contributed by atoms with van der Waals surface area (Å²) >= 11 is 3.42. The van der Waals surface area contributed by atoms with Crippen molar-refractivity contribution >= 4 is 33.7 Å². The first-order valence-electron chi connectivity index (χ1n) is 11.0. The number of hydrogen-bond acceptors (Lipinski definition) is 4. The van der Waals surface area contributed by atoms with E-state index in [0.717, 1.165) is 35.7 Å². The Morgan fingerprint density at radius 2 is 2.00 bits per heavy atom. The minimum Gasteiger partial charge on any atom is -0.351 e. The zero-order valence-corrected chi connectivity index (χ0v) is 19.9. The fourth-order valence-electron chi connectivity index (χ4n) is 4.58. The second-order valence-corrected chi connectivity index (χ2v) is 9.58. The highest BCUT2D eigenvalue weighted by molar-refractivity contribution is 9.10. The van der Waals surface area contributed by atoms with Gasteiger partial charge in [0, 0.05) is 29.7 Å². The lowest BCUT2D eigenvalue weighted by Crippen LogP contribution is -2.64. The largest absolute Gasteiger partial charge is 0.351 e. The van der Waals surface area contributed by atoms with Gasteiger partial charge in [-0.15, -0.1) is 0 Å². The second-order valence-electron chi connectivity index (χ2n) is 8.66. The Bertz CT molecular complexity index is 1050. The van der Waals surface area contributed by atoms with Crippen molar-refractivity contribution in [1.82, 2.24) is 25.3 Å². The SMILES string of the molecule is CCN1C(=O)c2cc(C(=O)NCc3cccc(Br)c3)nn2C[C@@]1(C)C(=O)NC1CCCC1. The van der Waals surface area contributed by atoms with Crippen LogP contribution in [-0.4, -0.2) is 50.5 Å². The summed E-state index contributed by atoms with van der Waals surface area (Å²) in [6, 6.07) is 9.33. The number of hydrogen-bond donors (Lipinski definition) is 2. The minimum absolute atomic E-state index is 0.159. The molecule has 1 aliphatic carbocycles. The molecule has 2 heterocycles. The van der Waals surface area contributed by atoms with E-state index in [4.69, 9.17) is 0 Å². The lowest BCUT2D eigenvalue weighted by Gasteiger charge is -2.43. The highest BCUT2D eigenvalue weighted by atomic mass is 79.9. The molecule has 1 aliphatic heterocycles. The summed E-state index contributed by atoms with van der Waals surface area (Å²) in [4.78, 5) is 40.7. The maximum Gasteiger partial charge on any atom is 0.273 e. The Morgan fingerprint density at radius 3 is 2.69 bits per heavy atom. The lowest BCUT2D eigenvalue weighted by molar-refractivity contribution is -0.133. The van der Waals surface area contributed by atoms with Crippen LogP contribution in [0, 0.1) is 0 Å². The number of nitrogens with one attached hydrogen (secondary N) is 2. The maximum atomic E-state index is 13.2. The summed E-state index contributed by atoms with van der Waals surface area (Å²) in [5, 5.41) is 10.3. The van der Waals surface area contributed by atoms with Crippen LogP contribution in [0.15, 0.2) is 34.8 Å². The van der Waals surface area contributed by atoms with Gasteiger partial charge in [0.2, 0.25) is 5.91 Å². The standard InChI is InChI=1S/C23H28BrN5O3/c1-3-28-21(31)19-12-18(20(30)25-13-15-7-6-8-16(24)11-15)27-29(19)14-23(28,2)22(32)26-17-9-4-5-10-17/h6-8,11-12,17H,3-5,9-10,13-14H2,1-2H3,(H,25,30)(H,26,32)/t23-/m0/s1. The molecule has 3 amide bonds. The van der Waals surface area contributed by atoms with Gasteiger partial charge in [-0.1, -0.05) is 40.9 Å². The number of aromatic nitrogens is 2. The van der Waals surface area contributed by atoms with Crippen molar-refractivity contribution in [3.63, 3.8) is 0 Å². The van der Waals surface area contributed by atoms with Gasteiger partial charge >= 0.3 is 0 Å². The number of carbonyl (C=O) groups excluding carboxylic acids is 3. The Kier molecular flexibility index (Phi) is 6.37. The Labute approximate surface area is 195 Å². The molecule has 8 nitrogen and oxygen atoms in total. The third-order valence-corrected chi connectivity index (χ3v) is 6.86. The van der Waals surface area contributed by atoms with Gasteiger partial charge in [-0.3, -0.25) is 19.1 Å². The summed E-state index contributed by atoms with van der Waals surface area (Å²) in [5.41, 5.74) is 0.379. The third-order valence-electron chi connectivity index (χ3n) is 6.37. The number of amides is 3. The number of nitrogens with zero attached hydrogens (tertiary/aromatic N) is 3. The smallest absolute Gasteiger partial charge is 0.273 e. The Morgan fingerprint density at radius 1 is 1.25 bits per heavy atom. The zero-order valence-electron chi connectivity index (χ0n) is 18.4. The van der Waals surface area contributed by atoms with Crippen LogP contribution in [-0.2, 0) is 17.9 Å². The topological polar surface area (TPSA) is 96.3 Å². The Hall–Kier alpha value is -2.68. The van der Waals surface area contributed by atoms with Crippen LogP contribution in [0.4, 0.5) is 0 Å². The highest BCUT2D eigenvalue weighted by Crippen LogP contribution is 2.28. The Balaban J connectivity index is 1.52. The molecule has 0 saturated heterocycles. The lowest BCUT2D eigenvalue weighted by atomic mass is 9.94. The van der Waals surface area contributed by atoms with E-state index in [-0.39, 0.29) is 36.0 Å². The molecule has 1 fully saturated rings. The molecule has 1 saturated carbocycles. The summed E-state index contributed by atoms with van der Waals surface area (Å²) in [5.74, 6) is -0.817. The molecule has 0 radical (unpaired) electrons. The van der Waals surface area contributed by atoms with Gasteiger partial charge in [-0.05, 0) is 44.4 Å². The van der Waals surface area contributed by atoms with E-state index >= 15 is 0 Å². The van der Waals surface area contributed by atoms with E-state index in [0.29, 0.717) is 18.8 Å². The van der Waals surface area contributed by atoms with Gasteiger partial charge in [0.05, 0.1) is 6.54 Å². The van der Waals surface area contributed by atoms with Gasteiger partial charge in [-0.25, -0.2) is 0 Å². The van der Waals surface area contributed by atoms with Crippen molar-refractivity contribution in [2.45, 2.75) is 64.2 Å². The van der Waals surface area contributed by atoms with Gasteiger partial charge in [-0.2, -0.15) is 5.10 Å². The molecule has 1 aromatic carbocycles. The van der Waals surface area contributed by atoms with E-state index < -0.39 is 5.54 Å². The molecule has 4 rings (SSSR count). The second kappa shape index (κ2) is 9.05. The number of carbonyl (C=O) groups is 3. The molecule has 32 heavy (non-hydrogen) atoms. The minimum atomic E-state index is -1.06. The quantitative estimate of drug-likeness (QED) is 0.635. The number of halogens is 1. The summed E-state index contributed by atoms with van der Waals surface area (Å²) in [6.07, 6.45) is 4.16. The van der Waals surface area contributed by atoms with E-state index in [1.807, 2.05) is 31.2 Å². The van der Waals surface area contributed by atoms with Crippen LogP contribution in [0.25, 0.3) is 0 Å². The fraction of sp³-hybridized carbons (Fsp3) is 0.478. The maximum absolute atomic E-state index is 13.2. The van der Waals surface area contributed by atoms with Gasteiger partial charge in [0.15, 0.2) is 5.69 Å². The van der Waals surface area contributed by atoms with Gasteiger partial charge < -0.3 is 15.5 Å². The average molecular weight is 502 g/mol. The molecule has 2 N–H and O–H groups in total. The molecule has 1 atom stereocenters. The molecule has 170 valence electrons. The van der Waals surface area contributed by atoms with Crippen molar-refractivity contribution in [2.75, 3.05) is 6.54 Å². The first kappa shape index (κ1) is 22.5. The molecular formula is C23H28BrN5O3. The normalized spacial score (nSPS) is 20.8. The number of fused-ring (bicyclic) bond motifs is 1. The van der Waals surface area contributed by atoms with Gasteiger partial charge in [0.1, 0.15) is 11.2 Å². The number of likely N-dealkylation sites (N-methyl/N-ethyl adjacent to an activating group) is 1. The van der Waals surface area contributed by atoms with E-state index in [9.17, 15) is 14.4 Å². The molecule has 1 aromatic heterocycles. The van der Waals surface area contributed by atoms with Crippen LogP contribution in [0.2, 0.25) is 0 Å². The molecule has 2 aromatic rings. The van der Waals surface area contributed by atoms with E-state index in [1.165, 1.54) is 10.7 Å².